The number of benzene rings is 1. The highest BCUT2D eigenvalue weighted by Crippen LogP contribution is 2.20. The van der Waals surface area contributed by atoms with E-state index in [2.05, 4.69) is 18.7 Å². The molecule has 0 fully saturated rings. The summed E-state index contributed by atoms with van der Waals surface area (Å²) in [4.78, 5) is 2.05. The van der Waals surface area contributed by atoms with E-state index in [-0.39, 0.29) is 11.4 Å². The van der Waals surface area contributed by atoms with E-state index in [1.807, 2.05) is 14.1 Å². The van der Waals surface area contributed by atoms with Crippen LogP contribution in [-0.4, -0.2) is 31.1 Å². The van der Waals surface area contributed by atoms with Crippen molar-refractivity contribution in [2.24, 2.45) is 0 Å². The van der Waals surface area contributed by atoms with Crippen molar-refractivity contribution < 1.29 is 9.13 Å². The lowest BCUT2D eigenvalue weighted by molar-refractivity contribution is 0.114. The molecule has 3 nitrogen and oxygen atoms in total. The Labute approximate surface area is 96.0 Å². The molecule has 4 heteroatoms. The van der Waals surface area contributed by atoms with Crippen LogP contribution in [0.15, 0.2) is 18.2 Å². The maximum absolute atomic E-state index is 13.0. The van der Waals surface area contributed by atoms with Crippen molar-refractivity contribution in [3.63, 3.8) is 0 Å². The van der Waals surface area contributed by atoms with Crippen molar-refractivity contribution in [3.05, 3.63) is 24.0 Å². The zero-order valence-corrected chi connectivity index (χ0v) is 10.2. The quantitative estimate of drug-likeness (QED) is 0.799. The van der Waals surface area contributed by atoms with Gasteiger partial charge in [-0.1, -0.05) is 0 Å². The molecule has 1 aromatic rings. The van der Waals surface area contributed by atoms with Gasteiger partial charge in [-0.2, -0.15) is 0 Å². The van der Waals surface area contributed by atoms with Crippen molar-refractivity contribution in [3.8, 4) is 5.75 Å². The average Bonchev–Trinajstić information content (AvgIpc) is 2.13. The molecule has 16 heavy (non-hydrogen) atoms. The van der Waals surface area contributed by atoms with Gasteiger partial charge in [0.05, 0.1) is 0 Å². The number of nitrogens with two attached hydrogens (primary N) is 1. The number of anilines is 1. The molecule has 0 spiro atoms. The molecule has 0 bridgehead atoms. The van der Waals surface area contributed by atoms with Crippen LogP contribution in [-0.2, 0) is 0 Å². The van der Waals surface area contributed by atoms with Gasteiger partial charge in [-0.3, -0.25) is 0 Å². The topological polar surface area (TPSA) is 38.5 Å². The smallest absolute Gasteiger partial charge is 0.128 e. The minimum absolute atomic E-state index is 0.110. The van der Waals surface area contributed by atoms with Crippen molar-refractivity contribution in [1.29, 1.82) is 0 Å². The minimum atomic E-state index is -0.377. The largest absolute Gasteiger partial charge is 0.491 e. The Balaban J connectivity index is 2.68. The molecule has 1 rings (SSSR count). The second-order valence-corrected chi connectivity index (χ2v) is 4.72. The Morgan fingerprint density at radius 2 is 1.94 bits per heavy atom. The highest BCUT2D eigenvalue weighted by Gasteiger charge is 2.21. The first-order valence-electron chi connectivity index (χ1n) is 5.17. The standard InChI is InChI=1S/C12H19FN2O/c1-12(2,15(3)4)8-16-11-6-9(13)5-10(14)7-11/h5-7H,8,14H2,1-4H3. The summed E-state index contributed by atoms with van der Waals surface area (Å²) in [6.45, 7) is 4.58. The molecule has 1 aromatic carbocycles. The van der Waals surface area contributed by atoms with E-state index < -0.39 is 0 Å². The molecular weight excluding hydrogens is 207 g/mol. The number of likely N-dealkylation sites (N-methyl/N-ethyl adjacent to an activating group) is 1. The Morgan fingerprint density at radius 3 is 2.44 bits per heavy atom. The Hall–Kier alpha value is -1.29. The lowest BCUT2D eigenvalue weighted by Gasteiger charge is -2.32. The van der Waals surface area contributed by atoms with Gasteiger partial charge in [0, 0.05) is 23.4 Å². The molecule has 0 aliphatic heterocycles. The summed E-state index contributed by atoms with van der Waals surface area (Å²) in [5.74, 6) is 0.0880. The molecular formula is C12H19FN2O. The van der Waals surface area contributed by atoms with Gasteiger partial charge in [-0.25, -0.2) is 4.39 Å². The highest BCUT2D eigenvalue weighted by atomic mass is 19.1. The number of nitrogen functional groups attached to an aromatic ring is 1. The monoisotopic (exact) mass is 226 g/mol. The molecule has 0 radical (unpaired) electrons. The number of ether oxygens (including phenoxy) is 1. The predicted octanol–water partition coefficient (Wildman–Crippen LogP) is 2.13. The summed E-state index contributed by atoms with van der Waals surface area (Å²) in [6, 6.07) is 4.22. The lowest BCUT2D eigenvalue weighted by atomic mass is 10.1. The lowest BCUT2D eigenvalue weighted by Crippen LogP contribution is -2.43. The van der Waals surface area contributed by atoms with Crippen LogP contribution in [0.3, 0.4) is 0 Å². The van der Waals surface area contributed by atoms with E-state index in [4.69, 9.17) is 10.5 Å². The number of nitrogens with zero attached hydrogens (tertiary/aromatic N) is 1. The number of hydrogen-bond donors (Lipinski definition) is 1. The third kappa shape index (κ3) is 3.38. The van der Waals surface area contributed by atoms with Gasteiger partial charge >= 0.3 is 0 Å². The second-order valence-electron chi connectivity index (χ2n) is 4.72. The third-order valence-corrected chi connectivity index (χ3v) is 2.70. The summed E-state index contributed by atoms with van der Waals surface area (Å²) in [5, 5.41) is 0. The van der Waals surface area contributed by atoms with Crippen LogP contribution in [0.5, 0.6) is 5.75 Å². The van der Waals surface area contributed by atoms with E-state index in [0.29, 0.717) is 18.0 Å². The number of hydrogen-bond acceptors (Lipinski definition) is 3. The van der Waals surface area contributed by atoms with Crippen LogP contribution < -0.4 is 10.5 Å². The zero-order chi connectivity index (χ0) is 12.3. The van der Waals surface area contributed by atoms with Gasteiger partial charge in [-0.05, 0) is 34.0 Å². The molecule has 0 heterocycles. The van der Waals surface area contributed by atoms with E-state index >= 15 is 0 Å². The molecule has 0 saturated carbocycles. The molecule has 0 amide bonds. The van der Waals surface area contributed by atoms with Crippen molar-refractivity contribution >= 4 is 5.69 Å². The van der Waals surface area contributed by atoms with Crippen molar-refractivity contribution in [2.45, 2.75) is 19.4 Å². The van der Waals surface area contributed by atoms with Crippen LogP contribution in [0.4, 0.5) is 10.1 Å². The zero-order valence-electron chi connectivity index (χ0n) is 10.2. The number of rotatable bonds is 4. The maximum Gasteiger partial charge on any atom is 0.128 e. The van der Waals surface area contributed by atoms with Gasteiger partial charge < -0.3 is 15.4 Å². The van der Waals surface area contributed by atoms with Crippen molar-refractivity contribution in [2.75, 3.05) is 26.4 Å². The SMILES string of the molecule is CN(C)C(C)(C)COc1cc(N)cc(F)c1. The maximum atomic E-state index is 13.0. The predicted molar refractivity (Wildman–Crippen MR) is 64.1 cm³/mol. The molecule has 0 saturated heterocycles. The molecule has 0 atom stereocenters. The van der Waals surface area contributed by atoms with Gasteiger partial charge in [0.25, 0.3) is 0 Å². The van der Waals surface area contributed by atoms with Gasteiger partial charge in [0.15, 0.2) is 0 Å². The van der Waals surface area contributed by atoms with Gasteiger partial charge in [0.2, 0.25) is 0 Å². The second kappa shape index (κ2) is 4.70. The van der Waals surface area contributed by atoms with E-state index in [0.717, 1.165) is 0 Å². The Bertz CT molecular complexity index is 344. The average molecular weight is 226 g/mol. The van der Waals surface area contributed by atoms with Crippen LogP contribution in [0.2, 0.25) is 0 Å². The first kappa shape index (κ1) is 12.8. The summed E-state index contributed by atoms with van der Waals surface area (Å²) < 4.78 is 18.6. The fourth-order valence-corrected chi connectivity index (χ4v) is 1.06. The molecule has 0 aromatic heterocycles. The van der Waals surface area contributed by atoms with Crippen LogP contribution >= 0.6 is 0 Å². The van der Waals surface area contributed by atoms with E-state index in [9.17, 15) is 4.39 Å². The van der Waals surface area contributed by atoms with Crippen molar-refractivity contribution in [1.82, 2.24) is 4.90 Å². The molecule has 2 N–H and O–H groups in total. The fraction of sp³-hybridized carbons (Fsp3) is 0.500. The Morgan fingerprint density at radius 1 is 1.31 bits per heavy atom. The van der Waals surface area contributed by atoms with E-state index in [1.54, 1.807) is 6.07 Å². The fourth-order valence-electron chi connectivity index (χ4n) is 1.06. The minimum Gasteiger partial charge on any atom is -0.491 e. The molecule has 90 valence electrons. The number of halogens is 1. The summed E-state index contributed by atoms with van der Waals surface area (Å²) in [7, 11) is 3.95. The summed E-state index contributed by atoms with van der Waals surface area (Å²) in [6.07, 6.45) is 0. The molecule has 0 aliphatic carbocycles. The third-order valence-electron chi connectivity index (χ3n) is 2.70. The van der Waals surface area contributed by atoms with Gasteiger partial charge in [-0.15, -0.1) is 0 Å². The van der Waals surface area contributed by atoms with E-state index in [1.165, 1.54) is 12.1 Å². The van der Waals surface area contributed by atoms with Crippen LogP contribution in [0.1, 0.15) is 13.8 Å². The molecule has 0 unspecified atom stereocenters. The molecule has 0 aliphatic rings. The summed E-state index contributed by atoms with van der Waals surface area (Å²) in [5.41, 5.74) is 5.79. The van der Waals surface area contributed by atoms with Gasteiger partial charge in [0.1, 0.15) is 18.2 Å². The normalized spacial score (nSPS) is 11.9. The Kier molecular flexibility index (Phi) is 3.75. The van der Waals surface area contributed by atoms with Crippen LogP contribution in [0.25, 0.3) is 0 Å². The summed E-state index contributed by atoms with van der Waals surface area (Å²) >= 11 is 0. The van der Waals surface area contributed by atoms with Crippen LogP contribution in [0, 0.1) is 5.82 Å². The highest BCUT2D eigenvalue weighted by molar-refractivity contribution is 5.44. The first-order valence-corrected chi connectivity index (χ1v) is 5.17. The first-order chi connectivity index (χ1) is 7.31.